The van der Waals surface area contributed by atoms with Crippen LogP contribution in [0.1, 0.15) is 32.8 Å². The number of hydrogen-bond acceptors (Lipinski definition) is 6. The van der Waals surface area contributed by atoms with Crippen molar-refractivity contribution in [2.24, 2.45) is 11.7 Å². The molecular formula is C20H30N4O6. The predicted molar refractivity (Wildman–Crippen MR) is 109 cm³/mol. The van der Waals surface area contributed by atoms with Gasteiger partial charge in [0.1, 0.15) is 17.8 Å². The van der Waals surface area contributed by atoms with E-state index < -0.39 is 41.8 Å². The van der Waals surface area contributed by atoms with Crippen molar-refractivity contribution in [1.29, 1.82) is 0 Å². The Morgan fingerprint density at radius 2 is 1.63 bits per heavy atom. The monoisotopic (exact) mass is 422 g/mol. The van der Waals surface area contributed by atoms with Crippen molar-refractivity contribution in [3.63, 3.8) is 0 Å². The third kappa shape index (κ3) is 8.08. The van der Waals surface area contributed by atoms with E-state index in [9.17, 15) is 29.4 Å². The molecule has 0 aliphatic heterocycles. The van der Waals surface area contributed by atoms with Crippen LogP contribution in [0.2, 0.25) is 0 Å². The van der Waals surface area contributed by atoms with Gasteiger partial charge in [-0.1, -0.05) is 32.4 Å². The van der Waals surface area contributed by atoms with Crippen molar-refractivity contribution in [2.75, 3.05) is 6.54 Å². The van der Waals surface area contributed by atoms with E-state index in [2.05, 4.69) is 16.0 Å². The van der Waals surface area contributed by atoms with Crippen molar-refractivity contribution >= 4 is 23.7 Å². The molecule has 1 aromatic rings. The average molecular weight is 422 g/mol. The minimum atomic E-state index is -1.23. The fourth-order valence-electron chi connectivity index (χ4n) is 2.52. The van der Waals surface area contributed by atoms with Crippen LogP contribution >= 0.6 is 0 Å². The van der Waals surface area contributed by atoms with E-state index in [1.165, 1.54) is 19.1 Å². The number of phenols is 1. The topological polar surface area (TPSA) is 171 Å². The van der Waals surface area contributed by atoms with Crippen LogP contribution in [-0.2, 0) is 25.6 Å². The maximum absolute atomic E-state index is 12.3. The third-order valence-corrected chi connectivity index (χ3v) is 4.74. The molecule has 166 valence electrons. The molecule has 10 nitrogen and oxygen atoms in total. The van der Waals surface area contributed by atoms with Crippen LogP contribution in [0.3, 0.4) is 0 Å². The lowest BCUT2D eigenvalue weighted by Gasteiger charge is -2.20. The summed E-state index contributed by atoms with van der Waals surface area (Å²) in [4.78, 5) is 47.6. The van der Waals surface area contributed by atoms with Crippen molar-refractivity contribution in [1.82, 2.24) is 16.0 Å². The number of amides is 3. The molecule has 0 aliphatic rings. The van der Waals surface area contributed by atoms with E-state index in [-0.39, 0.29) is 24.6 Å². The van der Waals surface area contributed by atoms with Gasteiger partial charge in [-0.2, -0.15) is 0 Å². The number of rotatable bonds is 11. The summed E-state index contributed by atoms with van der Waals surface area (Å²) in [5.74, 6) is -2.98. The largest absolute Gasteiger partial charge is 0.508 e. The fraction of sp³-hybridized carbons (Fsp3) is 0.500. The van der Waals surface area contributed by atoms with Gasteiger partial charge in [-0.05, 0) is 30.5 Å². The molecule has 1 rings (SSSR count). The van der Waals surface area contributed by atoms with Gasteiger partial charge in [-0.25, -0.2) is 4.79 Å². The van der Waals surface area contributed by atoms with E-state index in [1.54, 1.807) is 12.1 Å². The Balaban J connectivity index is 2.54. The van der Waals surface area contributed by atoms with Gasteiger partial charge in [-0.15, -0.1) is 0 Å². The van der Waals surface area contributed by atoms with Crippen LogP contribution in [0.15, 0.2) is 24.3 Å². The van der Waals surface area contributed by atoms with Crippen LogP contribution in [0.5, 0.6) is 5.75 Å². The summed E-state index contributed by atoms with van der Waals surface area (Å²) < 4.78 is 0. The fourth-order valence-corrected chi connectivity index (χ4v) is 2.52. The predicted octanol–water partition coefficient (Wildman–Crippen LogP) is -0.502. The number of benzene rings is 1. The Labute approximate surface area is 175 Å². The lowest BCUT2D eigenvalue weighted by Crippen LogP contribution is -2.53. The second kappa shape index (κ2) is 11.8. The van der Waals surface area contributed by atoms with Crippen LogP contribution in [0.25, 0.3) is 0 Å². The SMILES string of the molecule is CCC(C)C(N)C(=O)NCC(=O)NC(C)C(=O)NC(Cc1ccc(O)cc1)C(=O)O. The van der Waals surface area contributed by atoms with Gasteiger partial charge in [-0.3, -0.25) is 14.4 Å². The molecule has 0 aromatic heterocycles. The van der Waals surface area contributed by atoms with Gasteiger partial charge in [0.2, 0.25) is 17.7 Å². The first kappa shape index (κ1) is 24.9. The lowest BCUT2D eigenvalue weighted by atomic mass is 9.99. The van der Waals surface area contributed by atoms with Gasteiger partial charge in [0.25, 0.3) is 0 Å². The van der Waals surface area contributed by atoms with E-state index in [4.69, 9.17) is 5.73 Å². The van der Waals surface area contributed by atoms with Gasteiger partial charge in [0, 0.05) is 6.42 Å². The first-order valence-electron chi connectivity index (χ1n) is 9.68. The highest BCUT2D eigenvalue weighted by molar-refractivity contribution is 5.92. The Kier molecular flexibility index (Phi) is 9.76. The summed E-state index contributed by atoms with van der Waals surface area (Å²) in [6.45, 7) is 4.78. The van der Waals surface area contributed by atoms with E-state index in [0.717, 1.165) is 0 Å². The number of nitrogens with one attached hydrogen (secondary N) is 3. The molecule has 0 aliphatic carbocycles. The zero-order valence-electron chi connectivity index (χ0n) is 17.3. The minimum absolute atomic E-state index is 0.00553. The molecular weight excluding hydrogens is 392 g/mol. The maximum atomic E-state index is 12.3. The minimum Gasteiger partial charge on any atom is -0.508 e. The Morgan fingerprint density at radius 1 is 1.03 bits per heavy atom. The number of aromatic hydroxyl groups is 1. The van der Waals surface area contributed by atoms with E-state index in [1.807, 2.05) is 13.8 Å². The van der Waals surface area contributed by atoms with Gasteiger partial charge >= 0.3 is 5.97 Å². The quantitative estimate of drug-likeness (QED) is 0.279. The van der Waals surface area contributed by atoms with Crippen LogP contribution < -0.4 is 21.7 Å². The maximum Gasteiger partial charge on any atom is 0.326 e. The molecule has 4 atom stereocenters. The third-order valence-electron chi connectivity index (χ3n) is 4.74. The number of hydrogen-bond donors (Lipinski definition) is 6. The highest BCUT2D eigenvalue weighted by Gasteiger charge is 2.25. The number of nitrogens with two attached hydrogens (primary N) is 1. The number of aliphatic carboxylic acids is 1. The number of carboxylic acid groups (broad SMARTS) is 1. The summed E-state index contributed by atoms with van der Waals surface area (Å²) in [7, 11) is 0. The molecule has 0 radical (unpaired) electrons. The summed E-state index contributed by atoms with van der Waals surface area (Å²) in [5, 5.41) is 25.8. The molecule has 3 amide bonds. The number of carbonyl (C=O) groups is 4. The zero-order valence-corrected chi connectivity index (χ0v) is 17.3. The molecule has 0 fully saturated rings. The van der Waals surface area contributed by atoms with Crippen molar-refractivity contribution in [3.05, 3.63) is 29.8 Å². The van der Waals surface area contributed by atoms with E-state index >= 15 is 0 Å². The number of carbonyl (C=O) groups excluding carboxylic acids is 3. The average Bonchev–Trinajstić information content (AvgIpc) is 2.71. The molecule has 1 aromatic carbocycles. The molecule has 30 heavy (non-hydrogen) atoms. The summed E-state index contributed by atoms with van der Waals surface area (Å²) in [6, 6.07) is 2.97. The van der Waals surface area contributed by atoms with Crippen LogP contribution in [-0.4, -0.2) is 58.6 Å². The smallest absolute Gasteiger partial charge is 0.326 e. The first-order valence-corrected chi connectivity index (χ1v) is 9.68. The molecule has 0 spiro atoms. The molecule has 0 saturated heterocycles. The normalized spacial score (nSPS) is 14.7. The highest BCUT2D eigenvalue weighted by Crippen LogP contribution is 2.11. The van der Waals surface area contributed by atoms with Gasteiger partial charge in [0.05, 0.1) is 12.6 Å². The Morgan fingerprint density at radius 3 is 2.17 bits per heavy atom. The standard InChI is InChI=1S/C20H30N4O6/c1-4-11(2)17(21)19(28)22-10-16(26)23-12(3)18(27)24-15(20(29)30)9-13-5-7-14(25)8-6-13/h5-8,11-12,15,17,25H,4,9-10,21H2,1-3H3,(H,22,28)(H,23,26)(H,24,27)(H,29,30). The zero-order chi connectivity index (χ0) is 22.8. The van der Waals surface area contributed by atoms with Crippen LogP contribution in [0, 0.1) is 5.92 Å². The summed E-state index contributed by atoms with van der Waals surface area (Å²) in [5.41, 5.74) is 6.39. The summed E-state index contributed by atoms with van der Waals surface area (Å²) >= 11 is 0. The van der Waals surface area contributed by atoms with E-state index in [0.29, 0.717) is 12.0 Å². The molecule has 4 unspecified atom stereocenters. The molecule has 7 N–H and O–H groups in total. The molecule has 0 bridgehead atoms. The van der Waals surface area contributed by atoms with Crippen molar-refractivity contribution < 1.29 is 29.4 Å². The van der Waals surface area contributed by atoms with Gasteiger partial charge < -0.3 is 31.9 Å². The molecule has 0 saturated carbocycles. The van der Waals surface area contributed by atoms with Crippen molar-refractivity contribution in [2.45, 2.75) is 51.7 Å². The Bertz CT molecular complexity index is 752. The number of carboxylic acids is 1. The highest BCUT2D eigenvalue weighted by atomic mass is 16.4. The first-order chi connectivity index (χ1) is 14.0. The summed E-state index contributed by atoms with van der Waals surface area (Å²) in [6.07, 6.45) is 0.721. The van der Waals surface area contributed by atoms with Crippen LogP contribution in [0.4, 0.5) is 0 Å². The second-order valence-electron chi connectivity index (χ2n) is 7.19. The molecule has 10 heteroatoms. The van der Waals surface area contributed by atoms with Crippen molar-refractivity contribution in [3.8, 4) is 5.75 Å². The lowest BCUT2D eigenvalue weighted by molar-refractivity contribution is -0.142. The second-order valence-corrected chi connectivity index (χ2v) is 7.19. The molecule has 0 heterocycles. The number of phenolic OH excluding ortho intramolecular Hbond substituents is 1. The Hall–Kier alpha value is -3.14. The van der Waals surface area contributed by atoms with Gasteiger partial charge in [0.15, 0.2) is 0 Å².